The number of rotatable bonds is 6. The molecular formula is C18H23N5OS. The van der Waals surface area contributed by atoms with Gasteiger partial charge >= 0.3 is 0 Å². The summed E-state index contributed by atoms with van der Waals surface area (Å²) in [5, 5.41) is 6.57. The smallest absolute Gasteiger partial charge is 0.256 e. The number of nitrogens with zero attached hydrogens (tertiary/aromatic N) is 3. The van der Waals surface area contributed by atoms with Crippen molar-refractivity contribution < 1.29 is 4.79 Å². The van der Waals surface area contributed by atoms with E-state index in [0.717, 1.165) is 11.4 Å². The Hall–Kier alpha value is -2.41. The monoisotopic (exact) mass is 357 g/mol. The summed E-state index contributed by atoms with van der Waals surface area (Å²) in [7, 11) is 0. The van der Waals surface area contributed by atoms with Gasteiger partial charge in [-0.2, -0.15) is 0 Å². The Morgan fingerprint density at radius 1 is 1.36 bits per heavy atom. The summed E-state index contributed by atoms with van der Waals surface area (Å²) in [6.45, 7) is 10.3. The second-order valence-electron chi connectivity index (χ2n) is 6.42. The second-order valence-corrected chi connectivity index (χ2v) is 7.20. The molecule has 0 bridgehead atoms. The van der Waals surface area contributed by atoms with Gasteiger partial charge in [0.2, 0.25) is 0 Å². The summed E-state index contributed by atoms with van der Waals surface area (Å²) >= 11 is 1.42. The lowest BCUT2D eigenvalue weighted by atomic mass is 9.91. The van der Waals surface area contributed by atoms with Crippen LogP contribution in [0.4, 0.5) is 11.5 Å². The number of anilines is 2. The van der Waals surface area contributed by atoms with Gasteiger partial charge < -0.3 is 10.6 Å². The molecule has 25 heavy (non-hydrogen) atoms. The highest BCUT2D eigenvalue weighted by Crippen LogP contribution is 2.25. The third-order valence-corrected chi connectivity index (χ3v) is 3.95. The van der Waals surface area contributed by atoms with Crippen molar-refractivity contribution in [2.45, 2.75) is 31.3 Å². The first-order chi connectivity index (χ1) is 11.8. The first kappa shape index (κ1) is 18.9. The molecule has 1 amide bonds. The maximum Gasteiger partial charge on any atom is 0.256 e. The van der Waals surface area contributed by atoms with E-state index in [1.807, 2.05) is 18.4 Å². The molecule has 2 N–H and O–H groups in total. The average molecular weight is 357 g/mol. The van der Waals surface area contributed by atoms with Crippen LogP contribution in [0.3, 0.4) is 0 Å². The number of amides is 1. The zero-order valence-electron chi connectivity index (χ0n) is 15.0. The van der Waals surface area contributed by atoms with Crippen molar-refractivity contribution >= 4 is 29.2 Å². The largest absolute Gasteiger partial charge is 0.348 e. The number of hydrogen-bond acceptors (Lipinski definition) is 6. The Kier molecular flexibility index (Phi) is 6.14. The Morgan fingerprint density at radius 2 is 2.12 bits per heavy atom. The van der Waals surface area contributed by atoms with Crippen LogP contribution in [-0.2, 0) is 5.41 Å². The summed E-state index contributed by atoms with van der Waals surface area (Å²) in [4.78, 5) is 25.4. The van der Waals surface area contributed by atoms with Crippen LogP contribution >= 0.6 is 11.8 Å². The minimum atomic E-state index is -0.250. The van der Waals surface area contributed by atoms with E-state index in [0.29, 0.717) is 23.1 Å². The third-order valence-electron chi connectivity index (χ3n) is 3.39. The zero-order chi connectivity index (χ0) is 18.4. The van der Waals surface area contributed by atoms with Crippen molar-refractivity contribution in [1.82, 2.24) is 20.3 Å². The molecule has 132 valence electrons. The zero-order valence-corrected chi connectivity index (χ0v) is 15.8. The summed E-state index contributed by atoms with van der Waals surface area (Å²) in [6.07, 6.45) is 6.80. The molecule has 0 fully saturated rings. The Morgan fingerprint density at radius 3 is 2.76 bits per heavy atom. The predicted octanol–water partition coefficient (Wildman–Crippen LogP) is 3.55. The second kappa shape index (κ2) is 8.11. The summed E-state index contributed by atoms with van der Waals surface area (Å²) in [6, 6.07) is 3.81. The molecular weight excluding hydrogens is 334 g/mol. The lowest BCUT2D eigenvalue weighted by molar-refractivity contribution is 0.0958. The Bertz CT molecular complexity index is 770. The van der Waals surface area contributed by atoms with Gasteiger partial charge in [0.15, 0.2) is 5.16 Å². The molecule has 6 nitrogen and oxygen atoms in total. The Labute approximate surface area is 152 Å². The summed E-state index contributed by atoms with van der Waals surface area (Å²) in [5.74, 6) is 0.215. The molecule has 2 aromatic rings. The van der Waals surface area contributed by atoms with Crippen molar-refractivity contribution in [3.05, 3.63) is 48.4 Å². The average Bonchev–Trinajstić information content (AvgIpc) is 2.59. The molecule has 0 aliphatic carbocycles. The maximum absolute atomic E-state index is 12.3. The van der Waals surface area contributed by atoms with Crippen molar-refractivity contribution in [1.29, 1.82) is 0 Å². The highest BCUT2D eigenvalue weighted by molar-refractivity contribution is 7.98. The minimum absolute atomic E-state index is 0.0715. The van der Waals surface area contributed by atoms with Gasteiger partial charge in [-0.25, -0.2) is 9.97 Å². The first-order valence-corrected chi connectivity index (χ1v) is 9.11. The van der Waals surface area contributed by atoms with Crippen LogP contribution in [0.1, 0.15) is 36.8 Å². The lowest BCUT2D eigenvalue weighted by Crippen LogP contribution is -2.24. The number of carbonyl (C=O) groups is 1. The molecule has 2 rings (SSSR count). The van der Waals surface area contributed by atoms with E-state index in [-0.39, 0.29) is 11.3 Å². The highest BCUT2D eigenvalue weighted by Gasteiger charge is 2.18. The predicted molar refractivity (Wildman–Crippen MR) is 103 cm³/mol. The van der Waals surface area contributed by atoms with Gasteiger partial charge in [0.25, 0.3) is 5.91 Å². The third kappa shape index (κ3) is 5.03. The van der Waals surface area contributed by atoms with Gasteiger partial charge in [-0.05, 0) is 18.4 Å². The Balaban J connectivity index is 2.37. The number of aromatic nitrogens is 3. The summed E-state index contributed by atoms with van der Waals surface area (Å²) < 4.78 is 0. The van der Waals surface area contributed by atoms with Crippen molar-refractivity contribution in [3.8, 4) is 0 Å². The summed E-state index contributed by atoms with van der Waals surface area (Å²) in [5.41, 5.74) is 2.09. The van der Waals surface area contributed by atoms with Gasteiger partial charge in [-0.3, -0.25) is 9.78 Å². The van der Waals surface area contributed by atoms with Crippen LogP contribution < -0.4 is 10.6 Å². The van der Waals surface area contributed by atoms with Crippen LogP contribution in [0, 0.1) is 0 Å². The molecule has 2 aromatic heterocycles. The van der Waals surface area contributed by atoms with Gasteiger partial charge in [0.1, 0.15) is 11.4 Å². The van der Waals surface area contributed by atoms with Crippen LogP contribution in [-0.4, -0.2) is 33.7 Å². The van der Waals surface area contributed by atoms with E-state index in [1.165, 1.54) is 18.0 Å². The number of hydrogen-bond donors (Lipinski definition) is 2. The van der Waals surface area contributed by atoms with Gasteiger partial charge in [0.05, 0.1) is 0 Å². The molecule has 0 unspecified atom stereocenters. The minimum Gasteiger partial charge on any atom is -0.348 e. The normalized spacial score (nSPS) is 11.0. The molecule has 0 aliphatic heterocycles. The SMILES string of the molecule is C=CCNC(=O)c1cnc(SC)nc1Nc1ccnc(C(C)(C)C)c1. The van der Waals surface area contributed by atoms with Gasteiger partial charge in [-0.1, -0.05) is 38.6 Å². The maximum atomic E-state index is 12.3. The molecule has 2 heterocycles. The molecule has 0 spiro atoms. The molecule has 7 heteroatoms. The van der Waals surface area contributed by atoms with Gasteiger partial charge in [0, 0.05) is 35.7 Å². The number of nitrogens with one attached hydrogen (secondary N) is 2. The molecule has 0 atom stereocenters. The van der Waals surface area contributed by atoms with Crippen molar-refractivity contribution in [2.24, 2.45) is 0 Å². The van der Waals surface area contributed by atoms with E-state index in [9.17, 15) is 4.79 Å². The van der Waals surface area contributed by atoms with E-state index in [2.05, 4.69) is 52.9 Å². The molecule has 0 saturated heterocycles. The quantitative estimate of drug-likeness (QED) is 0.467. The fraction of sp³-hybridized carbons (Fsp3) is 0.333. The first-order valence-electron chi connectivity index (χ1n) is 7.89. The molecule has 0 aromatic carbocycles. The van der Waals surface area contributed by atoms with Crippen molar-refractivity contribution in [2.75, 3.05) is 18.1 Å². The van der Waals surface area contributed by atoms with Crippen LogP contribution in [0.25, 0.3) is 0 Å². The van der Waals surface area contributed by atoms with Crippen molar-refractivity contribution in [3.63, 3.8) is 0 Å². The number of thioether (sulfide) groups is 1. The highest BCUT2D eigenvalue weighted by atomic mass is 32.2. The number of carbonyl (C=O) groups excluding carboxylic acids is 1. The molecule has 0 aliphatic rings. The molecule has 0 radical (unpaired) electrons. The van der Waals surface area contributed by atoms with Crippen LogP contribution in [0.5, 0.6) is 0 Å². The standard InChI is InChI=1S/C18H23N5OS/c1-6-8-20-16(24)13-11-21-17(25-5)23-15(13)22-12-7-9-19-14(10-12)18(2,3)4/h6-7,9-11H,1,8H2,2-5H3,(H,20,24)(H,19,21,22,23). The van der Waals surface area contributed by atoms with Crippen LogP contribution in [0.2, 0.25) is 0 Å². The lowest BCUT2D eigenvalue weighted by Gasteiger charge is -2.19. The fourth-order valence-corrected chi connectivity index (χ4v) is 2.38. The van der Waals surface area contributed by atoms with E-state index in [4.69, 9.17) is 0 Å². The fourth-order valence-electron chi connectivity index (χ4n) is 2.04. The van der Waals surface area contributed by atoms with Gasteiger partial charge in [-0.15, -0.1) is 6.58 Å². The van der Waals surface area contributed by atoms with Crippen LogP contribution in [0.15, 0.2) is 42.3 Å². The number of pyridine rings is 1. The van der Waals surface area contributed by atoms with E-state index in [1.54, 1.807) is 12.3 Å². The van der Waals surface area contributed by atoms with E-state index < -0.39 is 0 Å². The van der Waals surface area contributed by atoms with E-state index >= 15 is 0 Å². The molecule has 0 saturated carbocycles. The topological polar surface area (TPSA) is 79.8 Å².